The Labute approximate surface area is 110 Å². The molecular weight excluding hydrogens is 272 g/mol. The maximum Gasteiger partial charge on any atom is 0.243 e. The molecule has 0 bridgehead atoms. The molecule has 0 spiro atoms. The number of hydrogen-bond donors (Lipinski definition) is 0. The molecule has 0 saturated carbocycles. The summed E-state index contributed by atoms with van der Waals surface area (Å²) in [6.07, 6.45) is 0. The molecule has 16 heavy (non-hydrogen) atoms. The van der Waals surface area contributed by atoms with Gasteiger partial charge >= 0.3 is 0 Å². The van der Waals surface area contributed by atoms with E-state index in [0.717, 1.165) is 0 Å². The molecule has 78 valence electrons. The lowest BCUT2D eigenvalue weighted by molar-refractivity contribution is 1.70. The van der Waals surface area contributed by atoms with E-state index in [0.29, 0.717) is 0 Å². The highest BCUT2D eigenvalue weighted by atomic mass is 32.2. The van der Waals surface area contributed by atoms with Crippen molar-refractivity contribution in [3.8, 4) is 20.9 Å². The Balaban J connectivity index is 1.97. The standard InChI is InChI=1S/C12H8S4/c1-2-10(12-6-14-8-16-12)4-3-9(1)11-5-13-7-15-11/h1-8H/q+2. The molecule has 0 aliphatic carbocycles. The first kappa shape index (κ1) is 10.5. The Morgan fingerprint density at radius 3 is 1.44 bits per heavy atom. The van der Waals surface area contributed by atoms with E-state index in [1.54, 1.807) is 45.3 Å². The number of hydrogen-bond acceptors (Lipinski definition) is 2. The van der Waals surface area contributed by atoms with Gasteiger partial charge in [-0.2, -0.15) is 0 Å². The lowest BCUT2D eigenvalue weighted by Crippen LogP contribution is -1.74. The van der Waals surface area contributed by atoms with Gasteiger partial charge in [0.2, 0.25) is 9.39 Å². The molecule has 2 aromatic heterocycles. The van der Waals surface area contributed by atoms with Crippen LogP contribution in [0.25, 0.3) is 20.9 Å². The van der Waals surface area contributed by atoms with Crippen molar-refractivity contribution in [1.29, 1.82) is 0 Å². The predicted molar refractivity (Wildman–Crippen MR) is 77.6 cm³/mol. The van der Waals surface area contributed by atoms with E-state index in [-0.39, 0.29) is 0 Å². The minimum atomic E-state index is 1.32. The summed E-state index contributed by atoms with van der Waals surface area (Å²) in [6, 6.07) is 8.83. The van der Waals surface area contributed by atoms with E-state index in [4.69, 9.17) is 0 Å². The molecular formula is C12H8S4+2. The second kappa shape index (κ2) is 4.67. The van der Waals surface area contributed by atoms with Gasteiger partial charge in [0, 0.05) is 11.1 Å². The number of benzene rings is 1. The average Bonchev–Trinajstić information content (AvgIpc) is 3.03. The molecule has 0 aliphatic heterocycles. The molecule has 0 radical (unpaired) electrons. The van der Waals surface area contributed by atoms with Crippen molar-refractivity contribution in [2.75, 3.05) is 0 Å². The van der Waals surface area contributed by atoms with Crippen LogP contribution in [0.5, 0.6) is 0 Å². The zero-order valence-electron chi connectivity index (χ0n) is 8.25. The van der Waals surface area contributed by atoms with Gasteiger partial charge in [0.15, 0.2) is 9.75 Å². The van der Waals surface area contributed by atoms with Crippen molar-refractivity contribution >= 4 is 45.3 Å². The molecule has 0 nitrogen and oxygen atoms in total. The lowest BCUT2D eigenvalue weighted by Gasteiger charge is -1.94. The van der Waals surface area contributed by atoms with Crippen LogP contribution in [-0.2, 0) is 0 Å². The molecule has 0 aliphatic rings. The molecule has 2 heterocycles. The Kier molecular flexibility index (Phi) is 3.06. The molecule has 0 saturated heterocycles. The van der Waals surface area contributed by atoms with Gasteiger partial charge in [0.25, 0.3) is 0 Å². The largest absolute Gasteiger partial charge is 0.243 e. The van der Waals surface area contributed by atoms with Crippen LogP contribution in [0.4, 0.5) is 0 Å². The van der Waals surface area contributed by atoms with Crippen molar-refractivity contribution in [2.24, 2.45) is 0 Å². The first-order chi connectivity index (χ1) is 7.93. The summed E-state index contributed by atoms with van der Waals surface area (Å²) < 4.78 is 4.31. The van der Waals surface area contributed by atoms with Gasteiger partial charge in [-0.15, -0.1) is 0 Å². The molecule has 3 aromatic rings. The smallest absolute Gasteiger partial charge is 0.0508 e. The fourth-order valence-corrected chi connectivity index (χ4v) is 5.02. The highest BCUT2D eigenvalue weighted by molar-refractivity contribution is 7.29. The van der Waals surface area contributed by atoms with Crippen molar-refractivity contribution in [2.45, 2.75) is 0 Å². The first-order valence-electron chi connectivity index (χ1n) is 4.72. The first-order valence-corrected chi connectivity index (χ1v) is 8.37. The predicted octanol–water partition coefficient (Wildman–Crippen LogP) is 5.83. The molecule has 1 aromatic carbocycles. The normalized spacial score (nSPS) is 10.5. The van der Waals surface area contributed by atoms with E-state index in [1.807, 2.05) is 0 Å². The fraction of sp³-hybridized carbons (Fsp3) is 0. The van der Waals surface area contributed by atoms with Crippen molar-refractivity contribution in [3.05, 3.63) is 44.4 Å². The minimum absolute atomic E-state index is 1.32. The van der Waals surface area contributed by atoms with Crippen LogP contribution >= 0.6 is 45.3 Å². The van der Waals surface area contributed by atoms with Gasteiger partial charge in [-0.05, 0) is 0 Å². The van der Waals surface area contributed by atoms with E-state index in [2.05, 4.69) is 44.4 Å². The summed E-state index contributed by atoms with van der Waals surface area (Å²) in [5.74, 6) is 0. The summed E-state index contributed by atoms with van der Waals surface area (Å²) in [7, 11) is 0. The summed E-state index contributed by atoms with van der Waals surface area (Å²) >= 11 is 7.12. The van der Waals surface area contributed by atoms with Gasteiger partial charge < -0.3 is 0 Å². The molecule has 0 amide bonds. The van der Waals surface area contributed by atoms with E-state index < -0.39 is 0 Å². The van der Waals surface area contributed by atoms with Crippen molar-refractivity contribution in [3.63, 3.8) is 0 Å². The second-order valence-corrected chi connectivity index (χ2v) is 7.15. The zero-order chi connectivity index (χ0) is 10.8. The summed E-state index contributed by atoms with van der Waals surface area (Å²) in [5, 5.41) is 4.40. The van der Waals surface area contributed by atoms with E-state index in [9.17, 15) is 0 Å². The Bertz CT molecular complexity index is 496. The fourth-order valence-electron chi connectivity index (χ4n) is 1.46. The SMILES string of the molecule is c1sc(-c2ccc(-c3c[s+]cs3)cc2)c[s+]1. The van der Waals surface area contributed by atoms with Crippen LogP contribution in [0.1, 0.15) is 0 Å². The van der Waals surface area contributed by atoms with Crippen LogP contribution in [0.2, 0.25) is 0 Å². The van der Waals surface area contributed by atoms with Crippen LogP contribution < -0.4 is 0 Å². The monoisotopic (exact) mass is 280 g/mol. The van der Waals surface area contributed by atoms with Gasteiger partial charge in [-0.3, -0.25) is 0 Å². The van der Waals surface area contributed by atoms with Crippen LogP contribution in [0.15, 0.2) is 44.4 Å². The minimum Gasteiger partial charge on any atom is -0.0508 e. The van der Waals surface area contributed by atoms with E-state index >= 15 is 0 Å². The topological polar surface area (TPSA) is 0 Å². The number of rotatable bonds is 2. The highest BCUT2D eigenvalue weighted by Gasteiger charge is 2.10. The molecule has 4 heteroatoms. The summed E-state index contributed by atoms with van der Waals surface area (Å²) in [5.41, 5.74) is 2.63. The molecule has 0 atom stereocenters. The maximum atomic E-state index is 2.21. The Hall–Kier alpha value is -0.680. The lowest BCUT2D eigenvalue weighted by atomic mass is 10.1. The molecule has 0 unspecified atom stereocenters. The van der Waals surface area contributed by atoms with Crippen LogP contribution in [-0.4, -0.2) is 0 Å². The van der Waals surface area contributed by atoms with Crippen molar-refractivity contribution < 1.29 is 0 Å². The van der Waals surface area contributed by atoms with Gasteiger partial charge in [0.05, 0.1) is 45.3 Å². The summed E-state index contributed by atoms with van der Waals surface area (Å²) in [6.45, 7) is 0. The third-order valence-electron chi connectivity index (χ3n) is 2.27. The van der Waals surface area contributed by atoms with Crippen LogP contribution in [0.3, 0.4) is 0 Å². The third kappa shape index (κ3) is 2.06. The van der Waals surface area contributed by atoms with Gasteiger partial charge in [-0.1, -0.05) is 24.3 Å². The van der Waals surface area contributed by atoms with Crippen LogP contribution in [0, 0.1) is 0 Å². The molecule has 3 rings (SSSR count). The second-order valence-electron chi connectivity index (χ2n) is 3.24. The average molecular weight is 280 g/mol. The van der Waals surface area contributed by atoms with Gasteiger partial charge in [-0.25, -0.2) is 0 Å². The molecule has 0 fully saturated rings. The Morgan fingerprint density at radius 1 is 0.688 bits per heavy atom. The summed E-state index contributed by atoms with van der Waals surface area (Å²) in [4.78, 5) is 2.70. The zero-order valence-corrected chi connectivity index (χ0v) is 11.5. The van der Waals surface area contributed by atoms with E-state index in [1.165, 1.54) is 20.9 Å². The van der Waals surface area contributed by atoms with Crippen molar-refractivity contribution in [1.82, 2.24) is 0 Å². The molecule has 0 N–H and O–H groups in total. The Morgan fingerprint density at radius 2 is 1.12 bits per heavy atom. The maximum absolute atomic E-state index is 2.21. The third-order valence-corrected chi connectivity index (χ3v) is 6.18. The quantitative estimate of drug-likeness (QED) is 0.518. The van der Waals surface area contributed by atoms with Gasteiger partial charge in [0.1, 0.15) is 10.8 Å². The highest BCUT2D eigenvalue weighted by Crippen LogP contribution is 2.31.